The van der Waals surface area contributed by atoms with Crippen molar-refractivity contribution in [3.8, 4) is 5.75 Å². The van der Waals surface area contributed by atoms with E-state index in [0.717, 1.165) is 12.1 Å². The molecule has 0 aliphatic heterocycles. The Morgan fingerprint density at radius 1 is 1.31 bits per heavy atom. The lowest BCUT2D eigenvalue weighted by molar-refractivity contribution is -0.264. The van der Waals surface area contributed by atoms with Crippen molar-refractivity contribution in [2.24, 2.45) is 0 Å². The standard InChI is InChI=1S/C10H12F3NO2/c1-14-6-9(16,10(11,12)13)7-3-2-4-8(15)5-7/h2-5,14-16H,6H2,1H3. The maximum Gasteiger partial charge on any atom is 0.422 e. The average molecular weight is 235 g/mol. The van der Waals surface area contributed by atoms with Gasteiger partial charge in [0.2, 0.25) is 0 Å². The molecule has 1 unspecified atom stereocenters. The van der Waals surface area contributed by atoms with Crippen LogP contribution in [-0.2, 0) is 5.60 Å². The van der Waals surface area contributed by atoms with Gasteiger partial charge in [-0.15, -0.1) is 0 Å². The molecule has 0 heterocycles. The Morgan fingerprint density at radius 2 is 1.94 bits per heavy atom. The predicted octanol–water partition coefficient (Wildman–Crippen LogP) is 1.36. The first-order valence-corrected chi connectivity index (χ1v) is 4.54. The molecular weight excluding hydrogens is 223 g/mol. The van der Waals surface area contributed by atoms with Crippen molar-refractivity contribution in [3.63, 3.8) is 0 Å². The number of nitrogens with one attached hydrogen (secondary N) is 1. The Kier molecular flexibility index (Phi) is 3.44. The van der Waals surface area contributed by atoms with Crippen LogP contribution in [0.4, 0.5) is 13.2 Å². The van der Waals surface area contributed by atoms with E-state index in [1.807, 2.05) is 0 Å². The Bertz CT molecular complexity index is 367. The van der Waals surface area contributed by atoms with Gasteiger partial charge in [0.25, 0.3) is 0 Å². The monoisotopic (exact) mass is 235 g/mol. The highest BCUT2D eigenvalue weighted by molar-refractivity contribution is 5.32. The summed E-state index contributed by atoms with van der Waals surface area (Å²) >= 11 is 0. The number of rotatable bonds is 3. The van der Waals surface area contributed by atoms with E-state index < -0.39 is 23.9 Å². The van der Waals surface area contributed by atoms with Gasteiger partial charge in [-0.25, -0.2) is 0 Å². The van der Waals surface area contributed by atoms with Gasteiger partial charge in [-0.3, -0.25) is 0 Å². The zero-order valence-corrected chi connectivity index (χ0v) is 8.54. The van der Waals surface area contributed by atoms with Crippen molar-refractivity contribution in [3.05, 3.63) is 29.8 Å². The van der Waals surface area contributed by atoms with Gasteiger partial charge in [-0.1, -0.05) is 12.1 Å². The molecule has 16 heavy (non-hydrogen) atoms. The molecule has 3 N–H and O–H groups in total. The van der Waals surface area contributed by atoms with Crippen molar-refractivity contribution in [1.29, 1.82) is 0 Å². The highest BCUT2D eigenvalue weighted by Gasteiger charge is 2.54. The van der Waals surface area contributed by atoms with Crippen LogP contribution < -0.4 is 5.32 Å². The number of aliphatic hydroxyl groups is 1. The van der Waals surface area contributed by atoms with E-state index in [0.29, 0.717) is 0 Å². The summed E-state index contributed by atoms with van der Waals surface area (Å²) in [5.41, 5.74) is -3.39. The number of hydrogen-bond donors (Lipinski definition) is 3. The summed E-state index contributed by atoms with van der Waals surface area (Å²) in [6, 6.07) is 4.49. The molecule has 0 radical (unpaired) electrons. The van der Waals surface area contributed by atoms with Gasteiger partial charge >= 0.3 is 6.18 Å². The molecule has 90 valence electrons. The largest absolute Gasteiger partial charge is 0.508 e. The summed E-state index contributed by atoms with van der Waals surface area (Å²) in [4.78, 5) is 0. The number of alkyl halides is 3. The molecule has 0 saturated heterocycles. The van der Waals surface area contributed by atoms with Gasteiger partial charge in [0.15, 0.2) is 5.60 Å². The average Bonchev–Trinajstić information content (AvgIpc) is 2.16. The normalized spacial score (nSPS) is 15.8. The summed E-state index contributed by atoms with van der Waals surface area (Å²) < 4.78 is 38.2. The van der Waals surface area contributed by atoms with E-state index in [1.165, 1.54) is 19.2 Å². The van der Waals surface area contributed by atoms with E-state index >= 15 is 0 Å². The van der Waals surface area contributed by atoms with Crippen molar-refractivity contribution in [2.45, 2.75) is 11.8 Å². The third-order valence-electron chi connectivity index (χ3n) is 2.23. The second kappa shape index (κ2) is 4.31. The lowest BCUT2D eigenvalue weighted by Crippen LogP contribution is -2.49. The molecule has 0 amide bonds. The first-order chi connectivity index (χ1) is 7.31. The van der Waals surface area contributed by atoms with Crippen LogP contribution >= 0.6 is 0 Å². The Balaban J connectivity index is 3.21. The highest BCUT2D eigenvalue weighted by Crippen LogP contribution is 2.39. The molecule has 0 bridgehead atoms. The van der Waals surface area contributed by atoms with E-state index in [4.69, 9.17) is 5.11 Å². The number of benzene rings is 1. The van der Waals surface area contributed by atoms with Crippen LogP contribution in [0, 0.1) is 0 Å². The molecular formula is C10H12F3NO2. The molecule has 1 aromatic carbocycles. The van der Waals surface area contributed by atoms with Crippen LogP contribution in [0.3, 0.4) is 0 Å². The van der Waals surface area contributed by atoms with Crippen LogP contribution in [0.25, 0.3) is 0 Å². The summed E-state index contributed by atoms with van der Waals surface area (Å²) in [5.74, 6) is -0.323. The van der Waals surface area contributed by atoms with Crippen LogP contribution in [0.15, 0.2) is 24.3 Å². The number of phenols is 1. The molecule has 1 atom stereocenters. The molecule has 0 spiro atoms. The van der Waals surface area contributed by atoms with Crippen LogP contribution in [0.5, 0.6) is 5.75 Å². The minimum Gasteiger partial charge on any atom is -0.508 e. The summed E-state index contributed by atoms with van der Waals surface area (Å²) in [5, 5.41) is 21.0. The van der Waals surface area contributed by atoms with Crippen LogP contribution in [-0.4, -0.2) is 30.0 Å². The Morgan fingerprint density at radius 3 is 2.38 bits per heavy atom. The van der Waals surface area contributed by atoms with Gasteiger partial charge in [0.05, 0.1) is 0 Å². The molecule has 0 fully saturated rings. The zero-order valence-electron chi connectivity index (χ0n) is 8.54. The Labute approximate surface area is 90.5 Å². The van der Waals surface area contributed by atoms with Crippen LogP contribution in [0.1, 0.15) is 5.56 Å². The lowest BCUT2D eigenvalue weighted by Gasteiger charge is -2.30. The first kappa shape index (κ1) is 12.8. The molecule has 0 aliphatic carbocycles. The van der Waals surface area contributed by atoms with Gasteiger partial charge in [0.1, 0.15) is 5.75 Å². The second-order valence-corrected chi connectivity index (χ2v) is 3.44. The van der Waals surface area contributed by atoms with E-state index in [1.54, 1.807) is 0 Å². The summed E-state index contributed by atoms with van der Waals surface area (Å²) in [6.45, 7) is -0.681. The van der Waals surface area contributed by atoms with Crippen molar-refractivity contribution >= 4 is 0 Å². The third-order valence-corrected chi connectivity index (χ3v) is 2.23. The highest BCUT2D eigenvalue weighted by atomic mass is 19.4. The molecule has 0 aliphatic rings. The molecule has 3 nitrogen and oxygen atoms in total. The van der Waals surface area contributed by atoms with Gasteiger partial charge < -0.3 is 15.5 Å². The molecule has 0 saturated carbocycles. The smallest absolute Gasteiger partial charge is 0.422 e. The minimum atomic E-state index is -4.82. The minimum absolute atomic E-state index is 0.323. The van der Waals surface area contributed by atoms with E-state index in [9.17, 15) is 18.3 Å². The number of halogens is 3. The molecule has 1 aromatic rings. The van der Waals surface area contributed by atoms with E-state index in [-0.39, 0.29) is 5.75 Å². The van der Waals surface area contributed by atoms with E-state index in [2.05, 4.69) is 5.32 Å². The molecule has 6 heteroatoms. The number of aromatic hydroxyl groups is 1. The Hall–Kier alpha value is -1.27. The third kappa shape index (κ3) is 2.28. The quantitative estimate of drug-likeness (QED) is 0.741. The fourth-order valence-corrected chi connectivity index (χ4v) is 1.38. The first-order valence-electron chi connectivity index (χ1n) is 4.54. The fourth-order valence-electron chi connectivity index (χ4n) is 1.38. The van der Waals surface area contributed by atoms with Gasteiger partial charge in [0, 0.05) is 6.54 Å². The van der Waals surface area contributed by atoms with Crippen molar-refractivity contribution in [1.82, 2.24) is 5.32 Å². The van der Waals surface area contributed by atoms with Crippen molar-refractivity contribution in [2.75, 3.05) is 13.6 Å². The van der Waals surface area contributed by atoms with Gasteiger partial charge in [-0.2, -0.15) is 13.2 Å². The van der Waals surface area contributed by atoms with Crippen LogP contribution in [0.2, 0.25) is 0 Å². The molecule has 1 rings (SSSR count). The van der Waals surface area contributed by atoms with Gasteiger partial charge in [-0.05, 0) is 24.7 Å². The number of likely N-dealkylation sites (N-methyl/N-ethyl adjacent to an activating group) is 1. The topological polar surface area (TPSA) is 52.5 Å². The summed E-state index contributed by atoms with van der Waals surface area (Å²) in [6.07, 6.45) is -4.82. The number of phenolic OH excluding ortho intramolecular Hbond substituents is 1. The van der Waals surface area contributed by atoms with Crippen molar-refractivity contribution < 1.29 is 23.4 Å². The number of hydrogen-bond acceptors (Lipinski definition) is 3. The predicted molar refractivity (Wildman–Crippen MR) is 52.0 cm³/mol. The summed E-state index contributed by atoms with van der Waals surface area (Å²) in [7, 11) is 1.31. The fraction of sp³-hybridized carbons (Fsp3) is 0.400. The SMILES string of the molecule is CNCC(O)(c1cccc(O)c1)C(F)(F)F. The molecule has 0 aromatic heterocycles. The lowest BCUT2D eigenvalue weighted by atomic mass is 9.93. The maximum absolute atomic E-state index is 12.7. The second-order valence-electron chi connectivity index (χ2n) is 3.44. The maximum atomic E-state index is 12.7. The zero-order chi connectivity index (χ0) is 12.4.